The van der Waals surface area contributed by atoms with Crippen LogP contribution >= 0.6 is 15.9 Å². The average molecular weight is 362 g/mol. The molecule has 2 N–H and O–H groups in total. The summed E-state index contributed by atoms with van der Waals surface area (Å²) in [7, 11) is 0. The fourth-order valence-electron chi connectivity index (χ4n) is 3.00. The molecule has 1 heterocycles. The minimum absolute atomic E-state index is 0.0619. The molecule has 1 aliphatic rings. The summed E-state index contributed by atoms with van der Waals surface area (Å²) < 4.78 is 0.959. The molecule has 3 rings (SSSR count). The second kappa shape index (κ2) is 7.09. The number of fused-ring (bicyclic) bond motifs is 1. The van der Waals surface area contributed by atoms with Crippen molar-refractivity contribution in [3.8, 4) is 0 Å². The minimum Gasteiger partial charge on any atom is -0.376 e. The number of carbonyl (C=O) groups is 1. The normalized spacial score (nSPS) is 15.7. The summed E-state index contributed by atoms with van der Waals surface area (Å²) in [6, 6.07) is 8.21. The Morgan fingerprint density at radius 1 is 1.23 bits per heavy atom. The second-order valence-electron chi connectivity index (χ2n) is 5.75. The molecule has 0 spiro atoms. The van der Waals surface area contributed by atoms with Gasteiger partial charge in [-0.3, -0.25) is 9.78 Å². The van der Waals surface area contributed by atoms with Crippen LogP contribution in [0.3, 0.4) is 0 Å². The number of nitrogens with one attached hydrogen (secondary N) is 2. The van der Waals surface area contributed by atoms with Gasteiger partial charge < -0.3 is 10.6 Å². The fourth-order valence-corrected chi connectivity index (χ4v) is 3.46. The maximum Gasteiger partial charge on any atom is 0.239 e. The Kier molecular flexibility index (Phi) is 4.93. The molecule has 5 heteroatoms. The summed E-state index contributed by atoms with van der Waals surface area (Å²) in [4.78, 5) is 16.5. The summed E-state index contributed by atoms with van der Waals surface area (Å²) in [6.45, 7) is 0.294. The van der Waals surface area contributed by atoms with Crippen LogP contribution in [0.4, 0.5) is 5.69 Å². The van der Waals surface area contributed by atoms with Crippen LogP contribution < -0.4 is 10.6 Å². The lowest BCUT2D eigenvalue weighted by Gasteiger charge is -2.23. The Labute approximate surface area is 138 Å². The number of amides is 1. The van der Waals surface area contributed by atoms with Crippen LogP contribution in [-0.2, 0) is 4.79 Å². The van der Waals surface area contributed by atoms with E-state index in [1.165, 1.54) is 19.3 Å². The van der Waals surface area contributed by atoms with E-state index in [1.807, 2.05) is 24.3 Å². The summed E-state index contributed by atoms with van der Waals surface area (Å²) in [6.07, 6.45) is 7.72. The lowest BCUT2D eigenvalue weighted by molar-refractivity contribution is -0.120. The van der Waals surface area contributed by atoms with Crippen LogP contribution in [0.15, 0.2) is 34.9 Å². The molecule has 0 atom stereocenters. The highest BCUT2D eigenvalue weighted by Gasteiger charge is 2.15. The lowest BCUT2D eigenvalue weighted by atomic mass is 9.95. The molecule has 0 unspecified atom stereocenters. The van der Waals surface area contributed by atoms with Gasteiger partial charge in [-0.2, -0.15) is 0 Å². The highest BCUT2D eigenvalue weighted by molar-refractivity contribution is 9.10. The van der Waals surface area contributed by atoms with Crippen LogP contribution in [0.25, 0.3) is 10.9 Å². The Morgan fingerprint density at radius 3 is 2.86 bits per heavy atom. The first-order valence-corrected chi connectivity index (χ1v) is 8.60. The number of halogens is 1. The summed E-state index contributed by atoms with van der Waals surface area (Å²) in [5.41, 5.74) is 1.84. The van der Waals surface area contributed by atoms with E-state index in [-0.39, 0.29) is 5.91 Å². The molecule has 22 heavy (non-hydrogen) atoms. The highest BCUT2D eigenvalue weighted by atomic mass is 79.9. The minimum atomic E-state index is 0.0619. The molecule has 0 radical (unpaired) electrons. The molecule has 116 valence electrons. The van der Waals surface area contributed by atoms with Crippen LogP contribution in [0.5, 0.6) is 0 Å². The van der Waals surface area contributed by atoms with Crippen molar-refractivity contribution in [3.05, 3.63) is 34.9 Å². The Bertz CT molecular complexity index is 668. The molecule has 1 aromatic carbocycles. The topological polar surface area (TPSA) is 54.0 Å². The maximum absolute atomic E-state index is 12.1. The van der Waals surface area contributed by atoms with Crippen LogP contribution in [0.1, 0.15) is 32.1 Å². The van der Waals surface area contributed by atoms with Gasteiger partial charge in [0, 0.05) is 27.8 Å². The van der Waals surface area contributed by atoms with Crippen molar-refractivity contribution in [2.24, 2.45) is 0 Å². The van der Waals surface area contributed by atoms with Crippen molar-refractivity contribution >= 4 is 38.4 Å². The van der Waals surface area contributed by atoms with E-state index >= 15 is 0 Å². The molecule has 0 bridgehead atoms. The van der Waals surface area contributed by atoms with E-state index in [4.69, 9.17) is 0 Å². The van der Waals surface area contributed by atoms with Crippen LogP contribution in [0.2, 0.25) is 0 Å². The molecule has 1 saturated carbocycles. The molecule has 0 saturated heterocycles. The van der Waals surface area contributed by atoms with Gasteiger partial charge in [0.05, 0.1) is 12.1 Å². The average Bonchev–Trinajstić information content (AvgIpc) is 2.54. The van der Waals surface area contributed by atoms with Gasteiger partial charge in [0.25, 0.3) is 0 Å². The number of nitrogens with zero attached hydrogens (tertiary/aromatic N) is 1. The second-order valence-corrected chi connectivity index (χ2v) is 6.60. The van der Waals surface area contributed by atoms with Crippen molar-refractivity contribution in [1.29, 1.82) is 0 Å². The zero-order valence-corrected chi connectivity index (χ0v) is 14.0. The lowest BCUT2D eigenvalue weighted by Crippen LogP contribution is -2.39. The third-order valence-corrected chi connectivity index (χ3v) is 4.77. The van der Waals surface area contributed by atoms with Crippen molar-refractivity contribution < 1.29 is 4.79 Å². The number of carbonyl (C=O) groups excluding carboxylic acids is 1. The Hall–Kier alpha value is -1.62. The first-order valence-electron chi connectivity index (χ1n) is 7.80. The zero-order chi connectivity index (χ0) is 15.4. The van der Waals surface area contributed by atoms with E-state index in [0.29, 0.717) is 12.6 Å². The molecular formula is C17H20BrN3O. The monoisotopic (exact) mass is 361 g/mol. The summed E-state index contributed by atoms with van der Waals surface area (Å²) in [5.74, 6) is 0.0619. The molecule has 1 aliphatic carbocycles. The quantitative estimate of drug-likeness (QED) is 0.869. The number of benzene rings is 1. The summed E-state index contributed by atoms with van der Waals surface area (Å²) >= 11 is 3.51. The first kappa shape index (κ1) is 15.3. The number of para-hydroxylation sites is 1. The number of pyridine rings is 1. The number of rotatable bonds is 4. The standard InChI is InChI=1S/C17H20BrN3O/c18-14-8-4-7-13-15(9-10-19-17(13)14)20-11-16(22)21-12-5-2-1-3-6-12/h4,7-10,12H,1-3,5-6,11H2,(H,19,20)(H,21,22). The van der Waals surface area contributed by atoms with Gasteiger partial charge in [0.2, 0.25) is 5.91 Å². The van der Waals surface area contributed by atoms with Gasteiger partial charge in [-0.15, -0.1) is 0 Å². The first-order chi connectivity index (χ1) is 10.7. The predicted molar refractivity (Wildman–Crippen MR) is 92.9 cm³/mol. The number of hydrogen-bond acceptors (Lipinski definition) is 3. The van der Waals surface area contributed by atoms with Crippen LogP contribution in [0, 0.1) is 0 Å². The molecule has 1 aromatic heterocycles. The zero-order valence-electron chi connectivity index (χ0n) is 12.4. The fraction of sp³-hybridized carbons (Fsp3) is 0.412. The van der Waals surface area contributed by atoms with E-state index in [2.05, 4.69) is 31.5 Å². The van der Waals surface area contributed by atoms with E-state index in [9.17, 15) is 4.79 Å². The molecule has 2 aromatic rings. The summed E-state index contributed by atoms with van der Waals surface area (Å²) in [5, 5.41) is 7.37. The Morgan fingerprint density at radius 2 is 2.05 bits per heavy atom. The van der Waals surface area contributed by atoms with Gasteiger partial charge in [-0.25, -0.2) is 0 Å². The van der Waals surface area contributed by atoms with E-state index in [1.54, 1.807) is 6.20 Å². The Balaban J connectivity index is 1.64. The van der Waals surface area contributed by atoms with Crippen molar-refractivity contribution in [3.63, 3.8) is 0 Å². The molecule has 0 aliphatic heterocycles. The molecule has 1 fully saturated rings. The van der Waals surface area contributed by atoms with Gasteiger partial charge in [0.15, 0.2) is 0 Å². The van der Waals surface area contributed by atoms with Gasteiger partial charge in [-0.1, -0.05) is 31.4 Å². The molecule has 1 amide bonds. The highest BCUT2D eigenvalue weighted by Crippen LogP contribution is 2.27. The number of anilines is 1. The van der Waals surface area contributed by atoms with E-state index in [0.717, 1.165) is 33.9 Å². The maximum atomic E-state index is 12.1. The number of hydrogen-bond donors (Lipinski definition) is 2. The van der Waals surface area contributed by atoms with Crippen LogP contribution in [-0.4, -0.2) is 23.5 Å². The SMILES string of the molecule is O=C(CNc1ccnc2c(Br)cccc12)NC1CCCCC1. The third kappa shape index (κ3) is 3.58. The van der Waals surface area contributed by atoms with Gasteiger partial charge >= 0.3 is 0 Å². The number of aromatic nitrogens is 1. The van der Waals surface area contributed by atoms with Gasteiger partial charge in [0.1, 0.15) is 0 Å². The van der Waals surface area contributed by atoms with Gasteiger partial charge in [-0.05, 0) is 40.9 Å². The third-order valence-electron chi connectivity index (χ3n) is 4.13. The smallest absolute Gasteiger partial charge is 0.239 e. The molecular weight excluding hydrogens is 342 g/mol. The largest absolute Gasteiger partial charge is 0.376 e. The molecule has 4 nitrogen and oxygen atoms in total. The van der Waals surface area contributed by atoms with Crippen molar-refractivity contribution in [2.75, 3.05) is 11.9 Å². The van der Waals surface area contributed by atoms with Crippen molar-refractivity contribution in [1.82, 2.24) is 10.3 Å². The van der Waals surface area contributed by atoms with Crippen molar-refractivity contribution in [2.45, 2.75) is 38.1 Å². The predicted octanol–water partition coefficient (Wildman–Crippen LogP) is 3.86. The van der Waals surface area contributed by atoms with E-state index < -0.39 is 0 Å².